The molecule has 0 fully saturated rings. The molecular formula is C26H16ClN3O6. The smallest absolute Gasteiger partial charge is 0.335 e. The molecule has 0 unspecified atom stereocenters. The molecule has 0 atom stereocenters. The number of aryl methyl sites for hydroxylation is 1. The number of amides is 2. The molecule has 178 valence electrons. The van der Waals surface area contributed by atoms with Gasteiger partial charge in [0.25, 0.3) is 17.5 Å². The predicted molar refractivity (Wildman–Crippen MR) is 135 cm³/mol. The van der Waals surface area contributed by atoms with Gasteiger partial charge in [-0.25, -0.2) is 9.69 Å². The number of hydrogen-bond acceptors (Lipinski definition) is 6. The molecule has 4 aromatic rings. The van der Waals surface area contributed by atoms with E-state index >= 15 is 0 Å². The van der Waals surface area contributed by atoms with Crippen molar-refractivity contribution in [2.45, 2.75) is 6.92 Å². The molecule has 0 saturated heterocycles. The molecule has 2 N–H and O–H groups in total. The molecule has 2 amide bonds. The van der Waals surface area contributed by atoms with E-state index in [1.807, 2.05) is 0 Å². The van der Waals surface area contributed by atoms with Crippen molar-refractivity contribution >= 4 is 62.9 Å². The lowest BCUT2D eigenvalue weighted by Gasteiger charge is -2.29. The lowest BCUT2D eigenvalue weighted by Crippen LogP contribution is -2.41. The van der Waals surface area contributed by atoms with Gasteiger partial charge in [0.15, 0.2) is 0 Å². The zero-order chi connectivity index (χ0) is 25.7. The number of nitrogens with zero attached hydrogens (tertiary/aromatic N) is 2. The van der Waals surface area contributed by atoms with Crippen molar-refractivity contribution in [3.8, 4) is 0 Å². The van der Waals surface area contributed by atoms with Gasteiger partial charge in [-0.2, -0.15) is 0 Å². The number of nitrogens with one attached hydrogen (secondary N) is 1. The number of hydrogen-bond donors (Lipinski definition) is 2. The van der Waals surface area contributed by atoms with E-state index in [9.17, 15) is 29.6 Å². The summed E-state index contributed by atoms with van der Waals surface area (Å²) in [7, 11) is 0. The van der Waals surface area contributed by atoms with Crippen LogP contribution in [-0.2, 0) is 0 Å². The van der Waals surface area contributed by atoms with Gasteiger partial charge in [-0.3, -0.25) is 19.7 Å². The molecule has 1 aliphatic rings. The number of halogens is 1. The summed E-state index contributed by atoms with van der Waals surface area (Å²) in [5.41, 5.74) is 0.707. The Kier molecular flexibility index (Phi) is 5.41. The van der Waals surface area contributed by atoms with Crippen LogP contribution in [0.25, 0.3) is 10.8 Å². The minimum atomic E-state index is -1.22. The summed E-state index contributed by atoms with van der Waals surface area (Å²) in [4.78, 5) is 51.1. The van der Waals surface area contributed by atoms with E-state index in [0.717, 1.165) is 11.0 Å². The fourth-order valence-corrected chi connectivity index (χ4v) is 4.51. The maximum absolute atomic E-state index is 13.6. The van der Waals surface area contributed by atoms with Crippen LogP contribution in [-0.4, -0.2) is 27.8 Å². The van der Waals surface area contributed by atoms with Crippen molar-refractivity contribution in [2.75, 3.05) is 10.2 Å². The summed E-state index contributed by atoms with van der Waals surface area (Å²) in [6.07, 6.45) is 0. The van der Waals surface area contributed by atoms with Crippen LogP contribution in [0.5, 0.6) is 0 Å². The Morgan fingerprint density at radius 1 is 1.00 bits per heavy atom. The summed E-state index contributed by atoms with van der Waals surface area (Å²) in [5, 5.41) is 25.4. The van der Waals surface area contributed by atoms with E-state index in [4.69, 9.17) is 11.6 Å². The molecule has 10 heteroatoms. The molecule has 0 saturated carbocycles. The number of carboxylic acid groups (broad SMARTS) is 1. The Bertz CT molecular complexity index is 1650. The van der Waals surface area contributed by atoms with Crippen LogP contribution in [0.2, 0.25) is 5.02 Å². The number of benzene rings is 4. The number of carbonyl (C=O) groups is 3. The first-order chi connectivity index (χ1) is 17.2. The third-order valence-electron chi connectivity index (χ3n) is 6.03. The maximum atomic E-state index is 13.6. The summed E-state index contributed by atoms with van der Waals surface area (Å²) in [6.45, 7) is 1.64. The average molecular weight is 502 g/mol. The molecule has 0 bridgehead atoms. The molecule has 5 rings (SSSR count). The number of aromatic carboxylic acids is 1. The molecule has 0 radical (unpaired) electrons. The molecule has 9 nitrogen and oxygen atoms in total. The fourth-order valence-electron chi connectivity index (χ4n) is 4.32. The van der Waals surface area contributed by atoms with Gasteiger partial charge >= 0.3 is 5.97 Å². The number of nitro benzene ring substituents is 1. The van der Waals surface area contributed by atoms with Crippen LogP contribution in [0.15, 0.2) is 66.7 Å². The average Bonchev–Trinajstić information content (AvgIpc) is 2.85. The van der Waals surface area contributed by atoms with E-state index in [1.54, 1.807) is 43.3 Å². The van der Waals surface area contributed by atoms with Gasteiger partial charge in [0.2, 0.25) is 0 Å². The summed E-state index contributed by atoms with van der Waals surface area (Å²) in [5.74, 6) is -2.68. The Labute approximate surface area is 208 Å². The summed E-state index contributed by atoms with van der Waals surface area (Å²) < 4.78 is 0. The third kappa shape index (κ3) is 3.53. The molecule has 1 heterocycles. The molecule has 1 aliphatic heterocycles. The van der Waals surface area contributed by atoms with Crippen molar-refractivity contribution in [1.82, 2.24) is 0 Å². The standard InChI is InChI=1S/C26H16ClN3O6/c1-13-9-10-14(26(33)34)11-20(13)29-24(31)16-6-4-5-15-22(16)17(25(29)32)12-21(30(35)36)23(15)28-19-8-3-2-7-18(19)27/h2-12,28H,1H3,(H,33,34). The highest BCUT2D eigenvalue weighted by molar-refractivity contribution is 6.37. The van der Waals surface area contributed by atoms with Crippen molar-refractivity contribution in [3.63, 3.8) is 0 Å². The van der Waals surface area contributed by atoms with E-state index in [2.05, 4.69) is 5.32 Å². The number of carbonyl (C=O) groups excluding carboxylic acids is 2. The highest BCUT2D eigenvalue weighted by Crippen LogP contribution is 2.43. The first-order valence-electron chi connectivity index (χ1n) is 10.7. The summed E-state index contributed by atoms with van der Waals surface area (Å²) >= 11 is 6.25. The minimum Gasteiger partial charge on any atom is -0.478 e. The molecule has 0 spiro atoms. The number of nitro groups is 1. The Morgan fingerprint density at radius 2 is 1.72 bits per heavy atom. The number of anilines is 3. The lowest BCUT2D eigenvalue weighted by molar-refractivity contribution is -0.383. The van der Waals surface area contributed by atoms with E-state index in [-0.39, 0.29) is 39.1 Å². The van der Waals surface area contributed by atoms with Crippen molar-refractivity contribution in [2.24, 2.45) is 0 Å². The summed E-state index contributed by atoms with van der Waals surface area (Å²) in [6, 6.07) is 16.6. The highest BCUT2D eigenvalue weighted by Gasteiger charge is 2.38. The molecular weight excluding hydrogens is 486 g/mol. The highest BCUT2D eigenvalue weighted by atomic mass is 35.5. The fraction of sp³-hybridized carbons (Fsp3) is 0.0385. The van der Waals surface area contributed by atoms with E-state index in [1.165, 1.54) is 24.3 Å². The van der Waals surface area contributed by atoms with Crippen LogP contribution >= 0.6 is 11.6 Å². The van der Waals surface area contributed by atoms with E-state index < -0.39 is 22.7 Å². The largest absolute Gasteiger partial charge is 0.478 e. The van der Waals surface area contributed by atoms with Gasteiger partial charge in [-0.05, 0) is 42.8 Å². The van der Waals surface area contributed by atoms with Gasteiger partial charge in [-0.15, -0.1) is 0 Å². The normalized spacial score (nSPS) is 12.7. The molecule has 0 aliphatic carbocycles. The monoisotopic (exact) mass is 501 g/mol. The zero-order valence-corrected chi connectivity index (χ0v) is 19.4. The second kappa shape index (κ2) is 8.47. The SMILES string of the molecule is Cc1ccc(C(=O)O)cc1N1C(=O)c2cccc3c(Nc4ccccc4Cl)c([N+](=O)[O-])cc(c23)C1=O. The second-order valence-corrected chi connectivity index (χ2v) is 8.57. The van der Waals surface area contributed by atoms with Gasteiger partial charge in [0.1, 0.15) is 5.69 Å². The van der Waals surface area contributed by atoms with Gasteiger partial charge in [0.05, 0.1) is 32.4 Å². The van der Waals surface area contributed by atoms with E-state index in [0.29, 0.717) is 21.7 Å². The quantitative estimate of drug-likeness (QED) is 0.196. The van der Waals surface area contributed by atoms with Crippen LogP contribution in [0, 0.1) is 17.0 Å². The zero-order valence-electron chi connectivity index (χ0n) is 18.6. The number of rotatable bonds is 5. The number of imide groups is 1. The Hall–Kier alpha value is -4.76. The van der Waals surface area contributed by atoms with Crippen molar-refractivity contribution in [3.05, 3.63) is 104 Å². The van der Waals surface area contributed by atoms with Crippen LogP contribution in [0.4, 0.5) is 22.7 Å². The molecule has 4 aromatic carbocycles. The first kappa shape index (κ1) is 23.0. The van der Waals surface area contributed by atoms with Crippen LogP contribution in [0.1, 0.15) is 36.6 Å². The van der Waals surface area contributed by atoms with Gasteiger partial charge in [0, 0.05) is 22.4 Å². The minimum absolute atomic E-state index is 0.0447. The lowest BCUT2D eigenvalue weighted by atomic mass is 9.91. The number of carboxylic acids is 1. The number of para-hydroxylation sites is 1. The molecule has 0 aromatic heterocycles. The topological polar surface area (TPSA) is 130 Å². The first-order valence-corrected chi connectivity index (χ1v) is 11.0. The Balaban J connectivity index is 1.76. The van der Waals surface area contributed by atoms with Crippen molar-refractivity contribution < 1.29 is 24.4 Å². The van der Waals surface area contributed by atoms with Crippen LogP contribution < -0.4 is 10.2 Å². The predicted octanol–water partition coefficient (Wildman–Crippen LogP) is 5.95. The molecule has 36 heavy (non-hydrogen) atoms. The van der Waals surface area contributed by atoms with Gasteiger partial charge in [-0.1, -0.05) is 41.9 Å². The maximum Gasteiger partial charge on any atom is 0.335 e. The second-order valence-electron chi connectivity index (χ2n) is 8.16. The van der Waals surface area contributed by atoms with Crippen LogP contribution in [0.3, 0.4) is 0 Å². The van der Waals surface area contributed by atoms with Crippen molar-refractivity contribution in [1.29, 1.82) is 0 Å². The van der Waals surface area contributed by atoms with Gasteiger partial charge < -0.3 is 10.4 Å². The third-order valence-corrected chi connectivity index (χ3v) is 6.36. The Morgan fingerprint density at radius 3 is 2.42 bits per heavy atom.